The zero-order valence-electron chi connectivity index (χ0n) is 9.67. The molecular formula is C13H13FN2S2. The fourth-order valence-corrected chi connectivity index (χ4v) is 3.15. The van der Waals surface area contributed by atoms with E-state index in [9.17, 15) is 4.39 Å². The topological polar surface area (TPSA) is 38.9 Å². The molecule has 0 fully saturated rings. The number of nitrogen functional groups attached to an aromatic ring is 1. The van der Waals surface area contributed by atoms with Crippen LogP contribution in [0.25, 0.3) is 0 Å². The number of halogens is 1. The summed E-state index contributed by atoms with van der Waals surface area (Å²) in [5.74, 6) is 1.66. The van der Waals surface area contributed by atoms with Crippen LogP contribution in [0.3, 0.4) is 0 Å². The van der Waals surface area contributed by atoms with Crippen LogP contribution in [0.4, 0.5) is 10.1 Å². The summed E-state index contributed by atoms with van der Waals surface area (Å²) in [6, 6.07) is 10.2. The highest BCUT2D eigenvalue weighted by Gasteiger charge is 2.00. The summed E-state index contributed by atoms with van der Waals surface area (Å²) in [7, 11) is 0. The summed E-state index contributed by atoms with van der Waals surface area (Å²) in [5.41, 5.74) is 6.52. The third-order valence-electron chi connectivity index (χ3n) is 2.21. The van der Waals surface area contributed by atoms with Gasteiger partial charge in [0.15, 0.2) is 0 Å². The molecule has 0 unspecified atom stereocenters. The molecule has 2 N–H and O–H groups in total. The Bertz CT molecular complexity index is 503. The van der Waals surface area contributed by atoms with Gasteiger partial charge in [0.1, 0.15) is 10.8 Å². The zero-order valence-corrected chi connectivity index (χ0v) is 11.3. The first-order valence-electron chi connectivity index (χ1n) is 5.47. The van der Waals surface area contributed by atoms with Gasteiger partial charge >= 0.3 is 0 Å². The number of nitrogens with two attached hydrogens (primary N) is 1. The van der Waals surface area contributed by atoms with E-state index in [1.165, 1.54) is 12.1 Å². The molecule has 1 aromatic heterocycles. The van der Waals surface area contributed by atoms with E-state index in [1.54, 1.807) is 41.9 Å². The second kappa shape index (κ2) is 6.66. The third kappa shape index (κ3) is 3.92. The molecule has 0 bridgehead atoms. The number of anilines is 1. The first-order valence-corrected chi connectivity index (χ1v) is 7.44. The van der Waals surface area contributed by atoms with Crippen LogP contribution in [0.2, 0.25) is 0 Å². The Morgan fingerprint density at radius 3 is 2.50 bits per heavy atom. The van der Waals surface area contributed by atoms with Crippen LogP contribution in [-0.4, -0.2) is 16.5 Å². The molecule has 2 rings (SSSR count). The van der Waals surface area contributed by atoms with Crippen molar-refractivity contribution in [3.8, 4) is 0 Å². The minimum atomic E-state index is -0.199. The van der Waals surface area contributed by atoms with Gasteiger partial charge in [-0.2, -0.15) is 0 Å². The number of thioether (sulfide) groups is 2. The first-order chi connectivity index (χ1) is 8.75. The van der Waals surface area contributed by atoms with Gasteiger partial charge in [-0.25, -0.2) is 9.37 Å². The molecule has 2 nitrogen and oxygen atoms in total. The third-order valence-corrected chi connectivity index (χ3v) is 4.50. The number of hydrogen-bond donors (Lipinski definition) is 1. The van der Waals surface area contributed by atoms with Crippen molar-refractivity contribution in [2.24, 2.45) is 0 Å². The Labute approximate surface area is 114 Å². The van der Waals surface area contributed by atoms with Crippen LogP contribution in [0.5, 0.6) is 0 Å². The van der Waals surface area contributed by atoms with Crippen LogP contribution in [0, 0.1) is 5.82 Å². The van der Waals surface area contributed by atoms with Gasteiger partial charge in [-0.1, -0.05) is 0 Å². The predicted octanol–water partition coefficient (Wildman–Crippen LogP) is 3.69. The maximum Gasteiger partial charge on any atom is 0.123 e. The second-order valence-corrected chi connectivity index (χ2v) is 5.80. The van der Waals surface area contributed by atoms with Crippen molar-refractivity contribution < 1.29 is 4.39 Å². The summed E-state index contributed by atoms with van der Waals surface area (Å²) < 4.78 is 12.7. The van der Waals surface area contributed by atoms with Crippen molar-refractivity contribution in [3.05, 3.63) is 48.4 Å². The Hall–Kier alpha value is -1.20. The molecule has 0 atom stereocenters. The van der Waals surface area contributed by atoms with E-state index in [2.05, 4.69) is 4.98 Å². The molecule has 0 aliphatic rings. The average molecular weight is 280 g/mol. The molecule has 0 saturated heterocycles. The highest BCUT2D eigenvalue weighted by Crippen LogP contribution is 2.25. The minimum Gasteiger partial charge on any atom is -0.397 e. The molecule has 1 aromatic carbocycles. The molecule has 2 aromatic rings. The maximum atomic E-state index is 12.7. The number of hydrogen-bond acceptors (Lipinski definition) is 4. The van der Waals surface area contributed by atoms with E-state index in [4.69, 9.17) is 5.73 Å². The molecule has 0 spiro atoms. The lowest BCUT2D eigenvalue weighted by Gasteiger charge is -2.04. The van der Waals surface area contributed by atoms with E-state index in [0.717, 1.165) is 21.4 Å². The number of aromatic nitrogens is 1. The smallest absolute Gasteiger partial charge is 0.123 e. The second-order valence-electron chi connectivity index (χ2n) is 3.55. The Morgan fingerprint density at radius 2 is 1.78 bits per heavy atom. The molecule has 0 aliphatic heterocycles. The normalized spacial score (nSPS) is 10.5. The highest BCUT2D eigenvalue weighted by molar-refractivity contribution is 8.03. The Kier molecular flexibility index (Phi) is 4.90. The van der Waals surface area contributed by atoms with Gasteiger partial charge in [-0.3, -0.25) is 0 Å². The first kappa shape index (κ1) is 13.2. The average Bonchev–Trinajstić information content (AvgIpc) is 2.39. The number of rotatable bonds is 5. The Balaban J connectivity index is 1.76. The summed E-state index contributed by atoms with van der Waals surface area (Å²) >= 11 is 3.34. The molecule has 0 aliphatic carbocycles. The van der Waals surface area contributed by atoms with Gasteiger partial charge in [-0.05, 0) is 36.4 Å². The van der Waals surface area contributed by atoms with Crippen molar-refractivity contribution in [2.45, 2.75) is 9.92 Å². The lowest BCUT2D eigenvalue weighted by Crippen LogP contribution is -1.92. The van der Waals surface area contributed by atoms with Crippen molar-refractivity contribution in [2.75, 3.05) is 17.2 Å². The number of nitrogens with zero attached hydrogens (tertiary/aromatic N) is 1. The van der Waals surface area contributed by atoms with E-state index >= 15 is 0 Å². The van der Waals surface area contributed by atoms with Crippen molar-refractivity contribution >= 4 is 29.2 Å². The summed E-state index contributed by atoms with van der Waals surface area (Å²) in [6.45, 7) is 0. The van der Waals surface area contributed by atoms with Crippen LogP contribution in [0.15, 0.2) is 52.5 Å². The van der Waals surface area contributed by atoms with E-state index < -0.39 is 0 Å². The van der Waals surface area contributed by atoms with Gasteiger partial charge < -0.3 is 5.73 Å². The van der Waals surface area contributed by atoms with Crippen molar-refractivity contribution in [3.63, 3.8) is 0 Å². The Morgan fingerprint density at radius 1 is 1.06 bits per heavy atom. The SMILES string of the molecule is Nc1cccnc1SCCSc1ccc(F)cc1. The predicted molar refractivity (Wildman–Crippen MR) is 76.5 cm³/mol. The van der Waals surface area contributed by atoms with Crippen LogP contribution in [0.1, 0.15) is 0 Å². The van der Waals surface area contributed by atoms with Gasteiger partial charge in [0.05, 0.1) is 5.69 Å². The molecule has 0 radical (unpaired) electrons. The number of pyridine rings is 1. The lowest BCUT2D eigenvalue weighted by atomic mass is 10.4. The summed E-state index contributed by atoms with van der Waals surface area (Å²) in [4.78, 5) is 5.29. The quantitative estimate of drug-likeness (QED) is 0.669. The van der Waals surface area contributed by atoms with Crippen LogP contribution < -0.4 is 5.73 Å². The summed E-state index contributed by atoms with van der Waals surface area (Å²) in [6.07, 6.45) is 1.74. The molecule has 0 amide bonds. The van der Waals surface area contributed by atoms with Crippen LogP contribution >= 0.6 is 23.5 Å². The van der Waals surface area contributed by atoms with E-state index in [0.29, 0.717) is 5.69 Å². The molecule has 5 heteroatoms. The largest absolute Gasteiger partial charge is 0.397 e. The van der Waals surface area contributed by atoms with Gasteiger partial charge in [0.25, 0.3) is 0 Å². The lowest BCUT2D eigenvalue weighted by molar-refractivity contribution is 0.626. The van der Waals surface area contributed by atoms with Gasteiger partial charge in [0, 0.05) is 22.6 Å². The fraction of sp³-hybridized carbons (Fsp3) is 0.154. The monoisotopic (exact) mass is 280 g/mol. The molecule has 0 saturated carbocycles. The molecule has 94 valence electrons. The fourth-order valence-electron chi connectivity index (χ4n) is 1.35. The molecular weight excluding hydrogens is 267 g/mol. The summed E-state index contributed by atoms with van der Waals surface area (Å²) in [5, 5.41) is 0.872. The van der Waals surface area contributed by atoms with Crippen LogP contribution in [-0.2, 0) is 0 Å². The maximum absolute atomic E-state index is 12.7. The standard InChI is InChI=1S/C13H13FN2S2/c14-10-3-5-11(6-4-10)17-8-9-18-13-12(15)2-1-7-16-13/h1-7H,8-9,15H2. The van der Waals surface area contributed by atoms with Gasteiger partial charge in [0.2, 0.25) is 0 Å². The van der Waals surface area contributed by atoms with Gasteiger partial charge in [-0.15, -0.1) is 23.5 Å². The zero-order chi connectivity index (χ0) is 12.8. The molecule has 18 heavy (non-hydrogen) atoms. The van der Waals surface area contributed by atoms with Crippen molar-refractivity contribution in [1.82, 2.24) is 4.98 Å². The van der Waals surface area contributed by atoms with E-state index in [1.807, 2.05) is 12.1 Å². The minimum absolute atomic E-state index is 0.199. The van der Waals surface area contributed by atoms with Crippen molar-refractivity contribution in [1.29, 1.82) is 0 Å². The highest BCUT2D eigenvalue weighted by atomic mass is 32.2. The van der Waals surface area contributed by atoms with E-state index in [-0.39, 0.29) is 5.82 Å². The number of benzene rings is 1. The molecule has 1 heterocycles.